The van der Waals surface area contributed by atoms with E-state index < -0.39 is 0 Å². The highest BCUT2D eigenvalue weighted by Crippen LogP contribution is 2.62. The lowest BCUT2D eigenvalue weighted by atomic mass is 9.46. The third-order valence-electron chi connectivity index (χ3n) is 7.19. The van der Waals surface area contributed by atoms with E-state index >= 15 is 0 Å². The highest BCUT2D eigenvalue weighted by atomic mass is 127. The number of hydrogen-bond donors (Lipinski definition) is 2. The molecule has 0 amide bonds. The molecule has 1 saturated heterocycles. The molecule has 1 aromatic heterocycles. The molecule has 162 valence electrons. The maximum atomic E-state index is 6.08. The van der Waals surface area contributed by atoms with Crippen molar-refractivity contribution in [2.45, 2.75) is 57.8 Å². The molecule has 2 aliphatic carbocycles. The van der Waals surface area contributed by atoms with Gasteiger partial charge in [0.1, 0.15) is 5.82 Å². The molecule has 1 aliphatic heterocycles. The number of ether oxygens (including phenoxy) is 1. The fourth-order valence-electron chi connectivity index (χ4n) is 5.28. The first-order valence-corrected chi connectivity index (χ1v) is 10.7. The molecule has 1 spiro atoms. The van der Waals surface area contributed by atoms with Crippen molar-refractivity contribution in [3.63, 3.8) is 0 Å². The van der Waals surface area contributed by atoms with Crippen molar-refractivity contribution in [3.8, 4) is 0 Å². The van der Waals surface area contributed by atoms with Crippen molar-refractivity contribution < 1.29 is 4.74 Å². The smallest absolute Gasteiger partial charge is 0.192 e. The van der Waals surface area contributed by atoms with Gasteiger partial charge in [0.2, 0.25) is 0 Å². The van der Waals surface area contributed by atoms with Crippen LogP contribution >= 0.6 is 24.0 Å². The molecule has 3 aliphatic rings. The molecule has 0 radical (unpaired) electrons. The SMILES string of the molecule is Cc1nnc(CNC(=NCc2ccccc2)NC2C3CCOC3C23CCC3)n1C.I. The van der Waals surface area contributed by atoms with Crippen molar-refractivity contribution in [2.75, 3.05) is 6.61 Å². The Labute approximate surface area is 195 Å². The van der Waals surface area contributed by atoms with E-state index in [1.807, 2.05) is 24.6 Å². The number of guanidine groups is 1. The lowest BCUT2D eigenvalue weighted by Gasteiger charge is -2.63. The molecule has 30 heavy (non-hydrogen) atoms. The van der Waals surface area contributed by atoms with E-state index in [0.29, 0.717) is 36.6 Å². The topological polar surface area (TPSA) is 76.4 Å². The van der Waals surface area contributed by atoms with Gasteiger partial charge in [-0.15, -0.1) is 34.2 Å². The molecule has 1 aromatic carbocycles. The standard InChI is InChI=1S/C22H30N6O.HI/c1-15-26-27-18(28(15)2)14-24-21(23-13-16-7-4-3-5-8-16)25-19-17-9-12-29-20(17)22(19)10-6-11-22;/h3-5,7-8,17,19-20H,6,9-14H2,1-2H3,(H2,23,24,25);1H. The second-order valence-corrected chi connectivity index (χ2v) is 8.68. The van der Waals surface area contributed by atoms with Gasteiger partial charge in [0.25, 0.3) is 0 Å². The summed E-state index contributed by atoms with van der Waals surface area (Å²) >= 11 is 0. The number of rotatable bonds is 5. The summed E-state index contributed by atoms with van der Waals surface area (Å²) in [6, 6.07) is 10.8. The molecule has 2 heterocycles. The van der Waals surface area contributed by atoms with Crippen molar-refractivity contribution >= 4 is 29.9 Å². The Morgan fingerprint density at radius 2 is 2.07 bits per heavy atom. The maximum Gasteiger partial charge on any atom is 0.192 e. The van der Waals surface area contributed by atoms with Gasteiger partial charge >= 0.3 is 0 Å². The van der Waals surface area contributed by atoms with E-state index in [0.717, 1.165) is 30.6 Å². The first kappa shape index (κ1) is 21.5. The molecule has 2 saturated carbocycles. The van der Waals surface area contributed by atoms with Gasteiger partial charge in [-0.25, -0.2) is 4.99 Å². The lowest BCUT2D eigenvalue weighted by Crippen LogP contribution is -2.72. The van der Waals surface area contributed by atoms with E-state index in [2.05, 4.69) is 45.1 Å². The monoisotopic (exact) mass is 522 g/mol. The maximum absolute atomic E-state index is 6.08. The Balaban J connectivity index is 0.00000218. The normalized spacial score (nSPS) is 26.3. The summed E-state index contributed by atoms with van der Waals surface area (Å²) in [5.41, 5.74) is 1.52. The molecule has 2 N–H and O–H groups in total. The van der Waals surface area contributed by atoms with Crippen LogP contribution < -0.4 is 10.6 Å². The highest BCUT2D eigenvalue weighted by molar-refractivity contribution is 14.0. The number of aryl methyl sites for hydroxylation is 1. The Bertz CT molecular complexity index is 894. The quantitative estimate of drug-likeness (QED) is 0.359. The van der Waals surface area contributed by atoms with Crippen LogP contribution in [0.15, 0.2) is 35.3 Å². The Kier molecular flexibility index (Phi) is 6.34. The van der Waals surface area contributed by atoms with Crippen molar-refractivity contribution in [1.82, 2.24) is 25.4 Å². The van der Waals surface area contributed by atoms with Gasteiger partial charge in [-0.2, -0.15) is 0 Å². The number of benzene rings is 1. The third kappa shape index (κ3) is 3.72. The van der Waals surface area contributed by atoms with Crippen LogP contribution in [0.2, 0.25) is 0 Å². The lowest BCUT2D eigenvalue weighted by molar-refractivity contribution is -0.171. The zero-order chi connectivity index (χ0) is 19.8. The summed E-state index contributed by atoms with van der Waals surface area (Å²) in [4.78, 5) is 4.90. The van der Waals surface area contributed by atoms with E-state index in [1.54, 1.807) is 0 Å². The van der Waals surface area contributed by atoms with E-state index in [-0.39, 0.29) is 24.0 Å². The van der Waals surface area contributed by atoms with E-state index in [9.17, 15) is 0 Å². The summed E-state index contributed by atoms with van der Waals surface area (Å²) in [6.45, 7) is 4.12. The summed E-state index contributed by atoms with van der Waals surface area (Å²) in [6.07, 6.45) is 5.44. The summed E-state index contributed by atoms with van der Waals surface area (Å²) in [5.74, 6) is 3.29. The summed E-state index contributed by atoms with van der Waals surface area (Å²) in [5, 5.41) is 15.7. The summed E-state index contributed by atoms with van der Waals surface area (Å²) < 4.78 is 8.09. The summed E-state index contributed by atoms with van der Waals surface area (Å²) in [7, 11) is 2.00. The molecule has 3 atom stereocenters. The first-order chi connectivity index (χ1) is 14.2. The van der Waals surface area contributed by atoms with Crippen LogP contribution in [-0.2, 0) is 24.9 Å². The molecule has 3 unspecified atom stereocenters. The third-order valence-corrected chi connectivity index (χ3v) is 7.19. The largest absolute Gasteiger partial charge is 0.377 e. The van der Waals surface area contributed by atoms with Crippen LogP contribution in [0.3, 0.4) is 0 Å². The molecular weight excluding hydrogens is 491 g/mol. The minimum Gasteiger partial charge on any atom is -0.377 e. The number of aromatic nitrogens is 3. The predicted molar refractivity (Wildman–Crippen MR) is 127 cm³/mol. The number of nitrogens with zero attached hydrogens (tertiary/aromatic N) is 4. The molecule has 5 rings (SSSR count). The van der Waals surface area contributed by atoms with Gasteiger partial charge < -0.3 is 19.9 Å². The minimum absolute atomic E-state index is 0. The zero-order valence-electron chi connectivity index (χ0n) is 17.7. The van der Waals surface area contributed by atoms with E-state index in [1.165, 1.54) is 24.8 Å². The van der Waals surface area contributed by atoms with Crippen LogP contribution in [-0.4, -0.2) is 39.5 Å². The molecular formula is C22H31IN6O. The highest BCUT2D eigenvalue weighted by Gasteiger charge is 2.66. The number of nitrogens with one attached hydrogen (secondary N) is 2. The number of aliphatic imine (C=N–C) groups is 1. The average molecular weight is 522 g/mol. The van der Waals surface area contributed by atoms with Gasteiger partial charge in [0.15, 0.2) is 11.8 Å². The van der Waals surface area contributed by atoms with Crippen LogP contribution in [0.25, 0.3) is 0 Å². The van der Waals surface area contributed by atoms with E-state index in [4.69, 9.17) is 9.73 Å². The van der Waals surface area contributed by atoms with Crippen LogP contribution in [0, 0.1) is 18.3 Å². The average Bonchev–Trinajstić information content (AvgIpc) is 3.26. The van der Waals surface area contributed by atoms with Crippen LogP contribution in [0.1, 0.15) is 42.9 Å². The number of fused-ring (bicyclic) bond motifs is 2. The fourth-order valence-corrected chi connectivity index (χ4v) is 5.28. The number of hydrogen-bond acceptors (Lipinski definition) is 4. The van der Waals surface area contributed by atoms with Crippen LogP contribution in [0.4, 0.5) is 0 Å². The fraction of sp³-hybridized carbons (Fsp3) is 0.591. The van der Waals surface area contributed by atoms with Crippen molar-refractivity contribution in [1.29, 1.82) is 0 Å². The van der Waals surface area contributed by atoms with Crippen molar-refractivity contribution in [3.05, 3.63) is 47.5 Å². The molecule has 8 heteroatoms. The second-order valence-electron chi connectivity index (χ2n) is 8.68. The van der Waals surface area contributed by atoms with Crippen molar-refractivity contribution in [2.24, 2.45) is 23.4 Å². The Hall–Kier alpha value is -1.68. The van der Waals surface area contributed by atoms with Gasteiger partial charge in [-0.3, -0.25) is 0 Å². The molecule has 3 fully saturated rings. The zero-order valence-corrected chi connectivity index (χ0v) is 20.0. The Morgan fingerprint density at radius 3 is 2.73 bits per heavy atom. The van der Waals surface area contributed by atoms with Gasteiger partial charge in [-0.05, 0) is 31.7 Å². The van der Waals surface area contributed by atoms with Crippen LogP contribution in [0.5, 0.6) is 0 Å². The molecule has 0 bridgehead atoms. The Morgan fingerprint density at radius 1 is 1.27 bits per heavy atom. The number of halogens is 1. The van der Waals surface area contributed by atoms with Gasteiger partial charge in [0.05, 0.1) is 19.2 Å². The first-order valence-electron chi connectivity index (χ1n) is 10.7. The minimum atomic E-state index is 0. The van der Waals surface area contributed by atoms with Gasteiger partial charge in [-0.1, -0.05) is 36.8 Å². The molecule has 7 nitrogen and oxygen atoms in total. The predicted octanol–water partition coefficient (Wildman–Crippen LogP) is 2.93. The van der Waals surface area contributed by atoms with Gasteiger partial charge in [0, 0.05) is 31.0 Å². The second kappa shape index (κ2) is 8.82. The molecule has 2 aromatic rings.